The molecule has 0 saturated carbocycles. The number of nitrogens with one attached hydrogen (secondary N) is 1. The van der Waals surface area contributed by atoms with Crippen molar-refractivity contribution in [2.24, 2.45) is 0 Å². The Labute approximate surface area is 140 Å². The zero-order chi connectivity index (χ0) is 17.3. The topological polar surface area (TPSA) is 73.2 Å². The summed E-state index contributed by atoms with van der Waals surface area (Å²) in [5, 5.41) is 2.87. The van der Waals surface area contributed by atoms with Crippen molar-refractivity contribution in [3.63, 3.8) is 0 Å². The zero-order valence-corrected chi connectivity index (χ0v) is 14.4. The lowest BCUT2D eigenvalue weighted by molar-refractivity contribution is -0.122. The van der Waals surface area contributed by atoms with Crippen molar-refractivity contribution < 1.29 is 9.53 Å². The number of hydrogen-bond donors (Lipinski definition) is 1. The standard InChI is InChI=1S/C18H23N3O3/c1-11-7-15-16(8-12(11)2)21(18(23)13(3)20-15)10-17(22)19-9-14-5-4-6-24-14/h7-8,14H,4-6,9-10H2,1-3H3,(H,19,22). The van der Waals surface area contributed by atoms with Crippen LogP contribution in [0.5, 0.6) is 0 Å². The molecule has 1 atom stereocenters. The van der Waals surface area contributed by atoms with Gasteiger partial charge in [-0.25, -0.2) is 4.98 Å². The first kappa shape index (κ1) is 16.6. The molecule has 0 bridgehead atoms. The smallest absolute Gasteiger partial charge is 0.272 e. The van der Waals surface area contributed by atoms with E-state index in [1.807, 2.05) is 26.0 Å². The van der Waals surface area contributed by atoms with Gasteiger partial charge in [-0.05, 0) is 56.9 Å². The molecular weight excluding hydrogens is 306 g/mol. The highest BCUT2D eigenvalue weighted by molar-refractivity contribution is 5.81. The molecule has 1 aromatic carbocycles. The van der Waals surface area contributed by atoms with E-state index in [9.17, 15) is 9.59 Å². The van der Waals surface area contributed by atoms with Crippen LogP contribution in [0.25, 0.3) is 11.0 Å². The minimum atomic E-state index is -0.224. The molecule has 0 aliphatic carbocycles. The largest absolute Gasteiger partial charge is 0.376 e. The Kier molecular flexibility index (Phi) is 4.66. The van der Waals surface area contributed by atoms with E-state index in [0.29, 0.717) is 17.8 Å². The van der Waals surface area contributed by atoms with Crippen LogP contribution in [0.3, 0.4) is 0 Å². The van der Waals surface area contributed by atoms with Crippen LogP contribution in [0, 0.1) is 20.8 Å². The van der Waals surface area contributed by atoms with Gasteiger partial charge in [0.05, 0.1) is 17.1 Å². The van der Waals surface area contributed by atoms with Gasteiger partial charge >= 0.3 is 0 Å². The van der Waals surface area contributed by atoms with E-state index in [4.69, 9.17) is 4.74 Å². The molecule has 1 N–H and O–H groups in total. The van der Waals surface area contributed by atoms with Crippen LogP contribution in [0.15, 0.2) is 16.9 Å². The molecule has 0 radical (unpaired) electrons. The van der Waals surface area contributed by atoms with Crippen molar-refractivity contribution in [3.8, 4) is 0 Å². The Hall–Kier alpha value is -2.21. The summed E-state index contributed by atoms with van der Waals surface area (Å²) in [5.74, 6) is -0.183. The van der Waals surface area contributed by atoms with E-state index < -0.39 is 0 Å². The van der Waals surface area contributed by atoms with Crippen LogP contribution in [-0.4, -0.2) is 34.7 Å². The molecule has 1 aliphatic heterocycles. The number of aryl methyl sites for hydroxylation is 3. The highest BCUT2D eigenvalue weighted by Gasteiger charge is 2.17. The van der Waals surface area contributed by atoms with E-state index in [0.717, 1.165) is 36.1 Å². The number of nitrogens with zero attached hydrogens (tertiary/aromatic N) is 2. The van der Waals surface area contributed by atoms with Gasteiger partial charge in [-0.3, -0.25) is 14.2 Å². The highest BCUT2D eigenvalue weighted by atomic mass is 16.5. The maximum atomic E-state index is 12.5. The van der Waals surface area contributed by atoms with Gasteiger partial charge in [-0.1, -0.05) is 0 Å². The number of benzene rings is 1. The summed E-state index contributed by atoms with van der Waals surface area (Å²) >= 11 is 0. The fourth-order valence-electron chi connectivity index (χ4n) is 3.01. The van der Waals surface area contributed by atoms with Crippen molar-refractivity contribution in [2.45, 2.75) is 46.3 Å². The van der Waals surface area contributed by atoms with Crippen molar-refractivity contribution in [1.82, 2.24) is 14.9 Å². The lowest BCUT2D eigenvalue weighted by Crippen LogP contribution is -2.37. The van der Waals surface area contributed by atoms with Gasteiger partial charge in [0.1, 0.15) is 12.2 Å². The molecule has 0 spiro atoms. The van der Waals surface area contributed by atoms with Gasteiger partial charge < -0.3 is 10.1 Å². The highest BCUT2D eigenvalue weighted by Crippen LogP contribution is 2.17. The van der Waals surface area contributed by atoms with Gasteiger partial charge in [0.2, 0.25) is 5.91 Å². The number of ether oxygens (including phenoxy) is 1. The molecule has 1 aromatic heterocycles. The summed E-state index contributed by atoms with van der Waals surface area (Å²) in [6, 6.07) is 3.88. The van der Waals surface area contributed by atoms with E-state index in [1.54, 1.807) is 6.92 Å². The SMILES string of the molecule is Cc1cc2nc(C)c(=O)n(CC(=O)NCC3CCCO3)c2cc1C. The minimum Gasteiger partial charge on any atom is -0.376 e. The Morgan fingerprint density at radius 2 is 2.08 bits per heavy atom. The molecule has 1 amide bonds. The maximum absolute atomic E-state index is 12.5. The summed E-state index contributed by atoms with van der Waals surface area (Å²) in [6.45, 7) is 6.92. The lowest BCUT2D eigenvalue weighted by Gasteiger charge is -2.14. The average Bonchev–Trinajstić information content (AvgIpc) is 3.05. The number of aromatic nitrogens is 2. The quantitative estimate of drug-likeness (QED) is 0.925. The van der Waals surface area contributed by atoms with Crippen molar-refractivity contribution >= 4 is 16.9 Å². The second kappa shape index (κ2) is 6.73. The van der Waals surface area contributed by atoms with E-state index in [2.05, 4.69) is 10.3 Å². The average molecular weight is 329 g/mol. The number of carbonyl (C=O) groups excluding carboxylic acids is 1. The molecule has 3 rings (SSSR count). The van der Waals surface area contributed by atoms with Crippen LogP contribution in [0.2, 0.25) is 0 Å². The Morgan fingerprint density at radius 1 is 1.33 bits per heavy atom. The second-order valence-electron chi connectivity index (χ2n) is 6.45. The zero-order valence-electron chi connectivity index (χ0n) is 14.4. The molecule has 1 aliphatic rings. The van der Waals surface area contributed by atoms with Gasteiger partial charge in [-0.15, -0.1) is 0 Å². The number of amides is 1. The molecule has 2 heterocycles. The summed E-state index contributed by atoms with van der Waals surface area (Å²) in [6.07, 6.45) is 2.09. The normalized spacial score (nSPS) is 17.4. The third-order valence-corrected chi connectivity index (χ3v) is 4.58. The number of hydrogen-bond acceptors (Lipinski definition) is 4. The van der Waals surface area contributed by atoms with Crippen LogP contribution in [0.4, 0.5) is 0 Å². The third kappa shape index (κ3) is 3.33. The molecule has 1 fully saturated rings. The van der Waals surface area contributed by atoms with E-state index in [-0.39, 0.29) is 24.1 Å². The van der Waals surface area contributed by atoms with Crippen LogP contribution >= 0.6 is 0 Å². The summed E-state index contributed by atoms with van der Waals surface area (Å²) in [7, 11) is 0. The van der Waals surface area contributed by atoms with Gasteiger partial charge in [-0.2, -0.15) is 0 Å². The molecule has 24 heavy (non-hydrogen) atoms. The lowest BCUT2D eigenvalue weighted by atomic mass is 10.1. The second-order valence-corrected chi connectivity index (χ2v) is 6.45. The van der Waals surface area contributed by atoms with Crippen LogP contribution in [0.1, 0.15) is 29.7 Å². The first-order chi connectivity index (χ1) is 11.5. The van der Waals surface area contributed by atoms with E-state index in [1.165, 1.54) is 4.57 Å². The molecule has 1 unspecified atom stereocenters. The summed E-state index contributed by atoms with van der Waals surface area (Å²) < 4.78 is 7.01. The molecule has 2 aromatic rings. The predicted molar refractivity (Wildman–Crippen MR) is 92.2 cm³/mol. The predicted octanol–water partition coefficient (Wildman–Crippen LogP) is 1.62. The monoisotopic (exact) mass is 329 g/mol. The van der Waals surface area contributed by atoms with Crippen LogP contribution in [-0.2, 0) is 16.1 Å². The van der Waals surface area contributed by atoms with Crippen molar-refractivity contribution in [3.05, 3.63) is 39.3 Å². The van der Waals surface area contributed by atoms with Gasteiger partial charge in [0, 0.05) is 13.2 Å². The first-order valence-electron chi connectivity index (χ1n) is 8.32. The molecule has 6 nitrogen and oxygen atoms in total. The Morgan fingerprint density at radius 3 is 2.79 bits per heavy atom. The van der Waals surface area contributed by atoms with Gasteiger partial charge in [0.15, 0.2) is 0 Å². The fraction of sp³-hybridized carbons (Fsp3) is 0.500. The molecular formula is C18H23N3O3. The molecule has 128 valence electrons. The first-order valence-corrected chi connectivity index (χ1v) is 8.32. The molecule has 6 heteroatoms. The summed E-state index contributed by atoms with van der Waals surface area (Å²) in [4.78, 5) is 29.1. The van der Waals surface area contributed by atoms with Gasteiger partial charge in [0.25, 0.3) is 5.56 Å². The minimum absolute atomic E-state index is 0.00604. The number of fused-ring (bicyclic) bond motifs is 1. The third-order valence-electron chi connectivity index (χ3n) is 4.58. The Bertz CT molecular complexity index is 835. The maximum Gasteiger partial charge on any atom is 0.272 e. The van der Waals surface area contributed by atoms with Crippen molar-refractivity contribution in [1.29, 1.82) is 0 Å². The number of carbonyl (C=O) groups is 1. The van der Waals surface area contributed by atoms with Crippen LogP contribution < -0.4 is 10.9 Å². The summed E-state index contributed by atoms with van der Waals surface area (Å²) in [5.41, 5.74) is 3.79. The fourth-order valence-corrected chi connectivity index (χ4v) is 3.01. The van der Waals surface area contributed by atoms with E-state index >= 15 is 0 Å². The number of rotatable bonds is 4. The van der Waals surface area contributed by atoms with Crippen molar-refractivity contribution in [2.75, 3.05) is 13.2 Å². The molecule has 1 saturated heterocycles. The Balaban J connectivity index is 1.87.